The Labute approximate surface area is 196 Å². The average Bonchev–Trinajstić information content (AvgIpc) is 3.05. The zero-order valence-corrected chi connectivity index (χ0v) is 18.9. The van der Waals surface area contributed by atoms with Crippen molar-refractivity contribution in [2.45, 2.75) is 20.3 Å². The number of amides is 2. The fourth-order valence-electron chi connectivity index (χ4n) is 3.54. The summed E-state index contributed by atoms with van der Waals surface area (Å²) in [6.45, 7) is 4.47. The summed E-state index contributed by atoms with van der Waals surface area (Å²) in [5.41, 5.74) is 2.65. The van der Waals surface area contributed by atoms with E-state index >= 15 is 0 Å². The van der Waals surface area contributed by atoms with Crippen LogP contribution in [0.5, 0.6) is 5.75 Å². The van der Waals surface area contributed by atoms with Gasteiger partial charge in [-0.3, -0.25) is 9.59 Å². The fourth-order valence-corrected chi connectivity index (χ4v) is 3.71. The summed E-state index contributed by atoms with van der Waals surface area (Å²) in [7, 11) is 0. The highest BCUT2D eigenvalue weighted by molar-refractivity contribution is 6.46. The molecule has 3 aromatic carbocycles. The van der Waals surface area contributed by atoms with Crippen molar-refractivity contribution >= 4 is 40.4 Å². The molecule has 0 aromatic heterocycles. The number of hydrogen-bond donors (Lipinski definition) is 1. The van der Waals surface area contributed by atoms with Gasteiger partial charge in [0, 0.05) is 10.7 Å². The summed E-state index contributed by atoms with van der Waals surface area (Å²) in [6.07, 6.45) is 0.875. The lowest BCUT2D eigenvalue weighted by atomic mass is 10.0. The molecule has 0 spiro atoms. The van der Waals surface area contributed by atoms with Crippen LogP contribution in [0.25, 0.3) is 5.57 Å². The highest BCUT2D eigenvalue weighted by atomic mass is 35.5. The van der Waals surface area contributed by atoms with Crippen LogP contribution in [0.3, 0.4) is 0 Å². The van der Waals surface area contributed by atoms with Crippen LogP contribution in [0.15, 0.2) is 72.4 Å². The van der Waals surface area contributed by atoms with Gasteiger partial charge >= 0.3 is 0 Å². The second-order valence-electron chi connectivity index (χ2n) is 7.63. The van der Waals surface area contributed by atoms with Gasteiger partial charge in [0.1, 0.15) is 17.3 Å². The van der Waals surface area contributed by atoms with E-state index in [2.05, 4.69) is 5.32 Å². The molecule has 0 fully saturated rings. The van der Waals surface area contributed by atoms with Crippen molar-refractivity contribution < 1.29 is 18.7 Å². The minimum Gasteiger partial charge on any atom is -0.494 e. The van der Waals surface area contributed by atoms with Crippen molar-refractivity contribution in [1.29, 1.82) is 0 Å². The lowest BCUT2D eigenvalue weighted by Crippen LogP contribution is -2.32. The molecule has 1 N–H and O–H groups in total. The third-order valence-corrected chi connectivity index (χ3v) is 5.48. The van der Waals surface area contributed by atoms with Crippen LogP contribution in [0, 0.1) is 12.7 Å². The molecule has 2 amide bonds. The highest BCUT2D eigenvalue weighted by Crippen LogP contribution is 2.35. The predicted molar refractivity (Wildman–Crippen MR) is 128 cm³/mol. The summed E-state index contributed by atoms with van der Waals surface area (Å²) in [5.74, 6) is -0.821. The summed E-state index contributed by atoms with van der Waals surface area (Å²) < 4.78 is 19.1. The first-order valence-electron chi connectivity index (χ1n) is 10.5. The van der Waals surface area contributed by atoms with Crippen molar-refractivity contribution in [2.75, 3.05) is 16.8 Å². The molecule has 1 aliphatic rings. The third kappa shape index (κ3) is 4.61. The molecular formula is C26H22ClFN2O3. The molecule has 3 aromatic rings. The van der Waals surface area contributed by atoms with Crippen molar-refractivity contribution in [3.05, 3.63) is 94.4 Å². The van der Waals surface area contributed by atoms with Crippen LogP contribution in [-0.2, 0) is 9.59 Å². The number of anilines is 2. The molecule has 0 radical (unpaired) electrons. The molecule has 1 aliphatic heterocycles. The minimum absolute atomic E-state index is 0.122. The van der Waals surface area contributed by atoms with Gasteiger partial charge in [-0.1, -0.05) is 36.7 Å². The summed E-state index contributed by atoms with van der Waals surface area (Å²) in [5, 5.41) is 3.61. The fraction of sp³-hybridized carbons (Fsp3) is 0.154. The molecule has 5 nitrogen and oxygen atoms in total. The van der Waals surface area contributed by atoms with E-state index in [0.717, 1.165) is 16.9 Å². The highest BCUT2D eigenvalue weighted by Gasteiger charge is 2.40. The number of ether oxygens (including phenoxy) is 1. The zero-order chi connectivity index (χ0) is 23.5. The van der Waals surface area contributed by atoms with Gasteiger partial charge < -0.3 is 10.1 Å². The van der Waals surface area contributed by atoms with Gasteiger partial charge in [0.2, 0.25) is 0 Å². The number of aryl methyl sites for hydroxylation is 1. The van der Waals surface area contributed by atoms with E-state index in [1.807, 2.05) is 19.9 Å². The maximum absolute atomic E-state index is 13.5. The summed E-state index contributed by atoms with van der Waals surface area (Å²) in [6, 6.07) is 17.5. The molecule has 0 aliphatic carbocycles. The number of hydrogen-bond acceptors (Lipinski definition) is 4. The Hall–Kier alpha value is -3.64. The number of imide groups is 1. The molecule has 168 valence electrons. The average molecular weight is 465 g/mol. The number of nitrogens with zero attached hydrogens (tertiary/aromatic N) is 1. The Morgan fingerprint density at radius 3 is 2.33 bits per heavy atom. The first-order valence-corrected chi connectivity index (χ1v) is 10.9. The Bertz CT molecular complexity index is 1240. The van der Waals surface area contributed by atoms with E-state index in [1.165, 1.54) is 24.3 Å². The van der Waals surface area contributed by atoms with Crippen LogP contribution >= 0.6 is 11.6 Å². The first-order chi connectivity index (χ1) is 15.9. The van der Waals surface area contributed by atoms with Gasteiger partial charge in [-0.15, -0.1) is 0 Å². The van der Waals surface area contributed by atoms with Crippen molar-refractivity contribution in [1.82, 2.24) is 0 Å². The molecule has 0 atom stereocenters. The smallest absolute Gasteiger partial charge is 0.282 e. The van der Waals surface area contributed by atoms with E-state index < -0.39 is 17.6 Å². The molecule has 7 heteroatoms. The second-order valence-corrected chi connectivity index (χ2v) is 8.07. The topological polar surface area (TPSA) is 58.6 Å². The molecule has 33 heavy (non-hydrogen) atoms. The lowest BCUT2D eigenvalue weighted by molar-refractivity contribution is -0.120. The number of nitrogens with one attached hydrogen (secondary N) is 1. The second kappa shape index (κ2) is 9.46. The Morgan fingerprint density at radius 2 is 1.67 bits per heavy atom. The largest absolute Gasteiger partial charge is 0.494 e. The van der Waals surface area contributed by atoms with Gasteiger partial charge in [-0.25, -0.2) is 9.29 Å². The molecule has 4 rings (SSSR count). The van der Waals surface area contributed by atoms with Crippen molar-refractivity contribution in [3.63, 3.8) is 0 Å². The van der Waals surface area contributed by atoms with Crippen LogP contribution in [0.4, 0.5) is 15.8 Å². The standard InChI is InChI=1S/C26H22ClFN2O3/c1-3-14-33-21-12-5-17(6-13-21)23-24(29-22-15-18(27)7-4-16(22)2)26(32)30(25(23)31)20-10-8-19(28)9-11-20/h4-13,15,29H,3,14H2,1-2H3. The monoisotopic (exact) mass is 464 g/mol. The first kappa shape index (κ1) is 22.6. The zero-order valence-electron chi connectivity index (χ0n) is 18.2. The van der Waals surface area contributed by atoms with Crippen LogP contribution in [0.2, 0.25) is 5.02 Å². The van der Waals surface area contributed by atoms with Crippen LogP contribution < -0.4 is 15.0 Å². The molecule has 0 saturated carbocycles. The molecule has 0 bridgehead atoms. The van der Waals surface area contributed by atoms with E-state index in [9.17, 15) is 14.0 Å². The molecule has 0 saturated heterocycles. The predicted octanol–water partition coefficient (Wildman–Crippen LogP) is 5.97. The van der Waals surface area contributed by atoms with Gasteiger partial charge in [0.25, 0.3) is 11.8 Å². The van der Waals surface area contributed by atoms with Crippen molar-refractivity contribution in [2.24, 2.45) is 0 Å². The number of halogens is 2. The number of benzene rings is 3. The van der Waals surface area contributed by atoms with Gasteiger partial charge in [0.05, 0.1) is 17.9 Å². The maximum Gasteiger partial charge on any atom is 0.282 e. The number of carbonyl (C=O) groups excluding carboxylic acids is 2. The normalized spacial score (nSPS) is 13.6. The Kier molecular flexibility index (Phi) is 6.47. The van der Waals surface area contributed by atoms with E-state index in [0.29, 0.717) is 28.6 Å². The summed E-state index contributed by atoms with van der Waals surface area (Å²) >= 11 is 6.15. The maximum atomic E-state index is 13.5. The van der Waals surface area contributed by atoms with E-state index in [1.54, 1.807) is 36.4 Å². The Morgan fingerprint density at radius 1 is 0.970 bits per heavy atom. The van der Waals surface area contributed by atoms with Gasteiger partial charge in [0.15, 0.2) is 0 Å². The molecular weight excluding hydrogens is 443 g/mol. The molecule has 0 unspecified atom stereocenters. The summed E-state index contributed by atoms with van der Waals surface area (Å²) in [4.78, 5) is 27.9. The van der Waals surface area contributed by atoms with Gasteiger partial charge in [-0.05, 0) is 73.0 Å². The SMILES string of the molecule is CCCOc1ccc(C2=C(Nc3cc(Cl)ccc3C)C(=O)N(c3ccc(F)cc3)C2=O)cc1. The minimum atomic E-state index is -0.535. The third-order valence-electron chi connectivity index (χ3n) is 5.24. The molecule has 1 heterocycles. The lowest BCUT2D eigenvalue weighted by Gasteiger charge is -2.15. The number of carbonyl (C=O) groups is 2. The van der Waals surface area contributed by atoms with Gasteiger partial charge in [-0.2, -0.15) is 0 Å². The van der Waals surface area contributed by atoms with Crippen molar-refractivity contribution in [3.8, 4) is 5.75 Å². The van der Waals surface area contributed by atoms with Crippen LogP contribution in [-0.4, -0.2) is 18.4 Å². The van der Waals surface area contributed by atoms with Crippen LogP contribution in [0.1, 0.15) is 24.5 Å². The number of rotatable bonds is 7. The Balaban J connectivity index is 1.78. The van der Waals surface area contributed by atoms with E-state index in [-0.39, 0.29) is 17.0 Å². The quantitative estimate of drug-likeness (QED) is 0.437. The van der Waals surface area contributed by atoms with E-state index in [4.69, 9.17) is 16.3 Å².